The van der Waals surface area contributed by atoms with E-state index in [1.807, 2.05) is 0 Å². The summed E-state index contributed by atoms with van der Waals surface area (Å²) in [7, 11) is 0. The first-order valence-electron chi connectivity index (χ1n) is 6.48. The molecule has 0 bridgehead atoms. The van der Waals surface area contributed by atoms with Gasteiger partial charge in [0.15, 0.2) is 0 Å². The van der Waals surface area contributed by atoms with Gasteiger partial charge >= 0.3 is 0 Å². The maximum Gasteiger partial charge on any atom is 0.226 e. The molecule has 0 spiro atoms. The third-order valence-corrected chi connectivity index (χ3v) is 3.94. The summed E-state index contributed by atoms with van der Waals surface area (Å²) in [6.45, 7) is 6.85. The van der Waals surface area contributed by atoms with E-state index in [4.69, 9.17) is 5.73 Å². The normalized spacial score (nSPS) is 19.8. The molecule has 1 saturated carbocycles. The second-order valence-electron chi connectivity index (χ2n) is 5.72. The van der Waals surface area contributed by atoms with Crippen LogP contribution in [0.5, 0.6) is 0 Å². The Morgan fingerprint density at radius 2 is 1.94 bits per heavy atom. The molecule has 0 radical (unpaired) electrons. The number of hydrogen-bond donors (Lipinski definition) is 2. The standard InChI is InChI=1S/C13H26N2O/c1-4-13(7-5-6-8-13)11(16)15-12(2,3)9-10-14/h4-10,14H2,1-3H3,(H,15,16). The van der Waals surface area contributed by atoms with Crippen molar-refractivity contribution >= 4 is 5.91 Å². The van der Waals surface area contributed by atoms with Crippen LogP contribution in [-0.2, 0) is 4.79 Å². The van der Waals surface area contributed by atoms with Gasteiger partial charge in [-0.1, -0.05) is 19.8 Å². The highest BCUT2D eigenvalue weighted by molar-refractivity contribution is 5.83. The summed E-state index contributed by atoms with van der Waals surface area (Å²) in [5, 5.41) is 3.17. The average molecular weight is 226 g/mol. The maximum absolute atomic E-state index is 12.3. The fourth-order valence-corrected chi connectivity index (χ4v) is 2.66. The van der Waals surface area contributed by atoms with Crippen LogP contribution in [0.4, 0.5) is 0 Å². The maximum atomic E-state index is 12.3. The first-order chi connectivity index (χ1) is 7.46. The van der Waals surface area contributed by atoms with Crippen molar-refractivity contribution < 1.29 is 4.79 Å². The van der Waals surface area contributed by atoms with Crippen molar-refractivity contribution in [3.05, 3.63) is 0 Å². The van der Waals surface area contributed by atoms with E-state index >= 15 is 0 Å². The zero-order valence-corrected chi connectivity index (χ0v) is 10.9. The van der Waals surface area contributed by atoms with E-state index in [1.165, 1.54) is 12.8 Å². The minimum atomic E-state index is -0.170. The van der Waals surface area contributed by atoms with Crippen molar-refractivity contribution in [1.82, 2.24) is 5.32 Å². The van der Waals surface area contributed by atoms with Crippen molar-refractivity contribution in [1.29, 1.82) is 0 Å². The van der Waals surface area contributed by atoms with E-state index in [9.17, 15) is 4.79 Å². The Kier molecular flexibility index (Phi) is 4.36. The molecule has 1 fully saturated rings. The molecular weight excluding hydrogens is 200 g/mol. The van der Waals surface area contributed by atoms with Gasteiger partial charge in [-0.05, 0) is 46.1 Å². The molecular formula is C13H26N2O. The van der Waals surface area contributed by atoms with E-state index in [0.29, 0.717) is 6.54 Å². The summed E-state index contributed by atoms with van der Waals surface area (Å²) < 4.78 is 0. The van der Waals surface area contributed by atoms with Gasteiger partial charge in [0, 0.05) is 11.0 Å². The predicted molar refractivity (Wildman–Crippen MR) is 67.1 cm³/mol. The van der Waals surface area contributed by atoms with Gasteiger partial charge in [-0.25, -0.2) is 0 Å². The molecule has 3 nitrogen and oxygen atoms in total. The van der Waals surface area contributed by atoms with Crippen LogP contribution in [0, 0.1) is 5.41 Å². The Morgan fingerprint density at radius 3 is 2.38 bits per heavy atom. The van der Waals surface area contributed by atoms with E-state index in [2.05, 4.69) is 26.1 Å². The van der Waals surface area contributed by atoms with Crippen LogP contribution >= 0.6 is 0 Å². The molecule has 0 aliphatic heterocycles. The molecule has 0 saturated heterocycles. The third-order valence-electron chi connectivity index (χ3n) is 3.94. The van der Waals surface area contributed by atoms with E-state index in [-0.39, 0.29) is 16.9 Å². The lowest BCUT2D eigenvalue weighted by Gasteiger charge is -2.33. The quantitative estimate of drug-likeness (QED) is 0.755. The van der Waals surface area contributed by atoms with E-state index in [0.717, 1.165) is 25.7 Å². The molecule has 3 heteroatoms. The Bertz CT molecular complexity index is 242. The van der Waals surface area contributed by atoms with Crippen LogP contribution in [-0.4, -0.2) is 18.0 Å². The van der Waals surface area contributed by atoms with Gasteiger partial charge in [-0.15, -0.1) is 0 Å². The second kappa shape index (κ2) is 5.17. The molecule has 16 heavy (non-hydrogen) atoms. The zero-order valence-electron chi connectivity index (χ0n) is 10.9. The van der Waals surface area contributed by atoms with Gasteiger partial charge in [0.1, 0.15) is 0 Å². The fraction of sp³-hybridized carbons (Fsp3) is 0.923. The van der Waals surface area contributed by atoms with Gasteiger partial charge < -0.3 is 11.1 Å². The third kappa shape index (κ3) is 2.97. The lowest BCUT2D eigenvalue weighted by atomic mass is 9.81. The topological polar surface area (TPSA) is 55.1 Å². The van der Waals surface area contributed by atoms with Crippen LogP contribution in [0.1, 0.15) is 59.3 Å². The number of hydrogen-bond acceptors (Lipinski definition) is 2. The summed E-state index contributed by atoms with van der Waals surface area (Å²) in [6.07, 6.45) is 6.27. The van der Waals surface area contributed by atoms with Gasteiger partial charge in [-0.3, -0.25) is 4.79 Å². The summed E-state index contributed by atoms with van der Waals surface area (Å²) in [4.78, 5) is 12.3. The SMILES string of the molecule is CCC1(C(=O)NC(C)(C)CCN)CCCC1. The van der Waals surface area contributed by atoms with Crippen LogP contribution in [0.3, 0.4) is 0 Å². The molecule has 0 heterocycles. The van der Waals surface area contributed by atoms with Crippen LogP contribution in [0.25, 0.3) is 0 Å². The molecule has 0 unspecified atom stereocenters. The Balaban J connectivity index is 2.63. The highest BCUT2D eigenvalue weighted by Crippen LogP contribution is 2.41. The predicted octanol–water partition coefficient (Wildman–Crippen LogP) is 2.20. The largest absolute Gasteiger partial charge is 0.351 e. The summed E-state index contributed by atoms with van der Waals surface area (Å²) in [5.74, 6) is 0.242. The van der Waals surface area contributed by atoms with Crippen molar-refractivity contribution in [2.45, 2.75) is 64.8 Å². The number of amides is 1. The zero-order chi connectivity index (χ0) is 12.2. The van der Waals surface area contributed by atoms with Gasteiger partial charge in [0.25, 0.3) is 0 Å². The van der Waals surface area contributed by atoms with Gasteiger partial charge in [-0.2, -0.15) is 0 Å². The average Bonchev–Trinajstić information content (AvgIpc) is 2.66. The smallest absolute Gasteiger partial charge is 0.226 e. The molecule has 0 aromatic carbocycles. The number of carbonyl (C=O) groups excluding carboxylic acids is 1. The lowest BCUT2D eigenvalue weighted by molar-refractivity contribution is -0.132. The minimum absolute atomic E-state index is 0.0914. The van der Waals surface area contributed by atoms with Crippen LogP contribution in [0.2, 0.25) is 0 Å². The first kappa shape index (κ1) is 13.5. The first-order valence-corrected chi connectivity index (χ1v) is 6.48. The monoisotopic (exact) mass is 226 g/mol. The van der Waals surface area contributed by atoms with E-state index < -0.39 is 0 Å². The molecule has 0 aromatic heterocycles. The Hall–Kier alpha value is -0.570. The summed E-state index contributed by atoms with van der Waals surface area (Å²) >= 11 is 0. The van der Waals surface area contributed by atoms with Gasteiger partial charge in [0.2, 0.25) is 5.91 Å². The number of rotatable bonds is 5. The molecule has 94 valence electrons. The molecule has 1 aliphatic carbocycles. The van der Waals surface area contributed by atoms with Crippen molar-refractivity contribution in [2.24, 2.45) is 11.1 Å². The second-order valence-corrected chi connectivity index (χ2v) is 5.72. The number of carbonyl (C=O) groups is 1. The molecule has 3 N–H and O–H groups in total. The molecule has 0 atom stereocenters. The Morgan fingerprint density at radius 1 is 1.38 bits per heavy atom. The van der Waals surface area contributed by atoms with Crippen molar-refractivity contribution in [3.63, 3.8) is 0 Å². The highest BCUT2D eigenvalue weighted by Gasteiger charge is 2.40. The highest BCUT2D eigenvalue weighted by atomic mass is 16.2. The van der Waals surface area contributed by atoms with Crippen molar-refractivity contribution in [2.75, 3.05) is 6.54 Å². The molecule has 1 rings (SSSR count). The summed E-state index contributed by atoms with van der Waals surface area (Å²) in [5.41, 5.74) is 5.30. The molecule has 0 aromatic rings. The fourth-order valence-electron chi connectivity index (χ4n) is 2.66. The van der Waals surface area contributed by atoms with Crippen LogP contribution in [0.15, 0.2) is 0 Å². The van der Waals surface area contributed by atoms with Crippen molar-refractivity contribution in [3.8, 4) is 0 Å². The minimum Gasteiger partial charge on any atom is -0.351 e. The van der Waals surface area contributed by atoms with Gasteiger partial charge in [0.05, 0.1) is 0 Å². The number of nitrogens with two attached hydrogens (primary N) is 1. The number of nitrogens with one attached hydrogen (secondary N) is 1. The molecule has 1 amide bonds. The van der Waals surface area contributed by atoms with E-state index in [1.54, 1.807) is 0 Å². The Labute approximate surface area is 99.2 Å². The van der Waals surface area contributed by atoms with Crippen LogP contribution < -0.4 is 11.1 Å². The summed E-state index contributed by atoms with van der Waals surface area (Å²) in [6, 6.07) is 0. The lowest BCUT2D eigenvalue weighted by Crippen LogP contribution is -2.50. The molecule has 1 aliphatic rings.